The van der Waals surface area contributed by atoms with Crippen molar-refractivity contribution in [2.45, 2.75) is 64.2 Å². The van der Waals surface area contributed by atoms with Gasteiger partial charge in [-0.15, -0.1) is 0 Å². The Kier molecular flexibility index (Phi) is 14.3. The second-order valence-electron chi connectivity index (χ2n) is 10.3. The van der Waals surface area contributed by atoms with E-state index in [1.54, 1.807) is 6.20 Å². The van der Waals surface area contributed by atoms with E-state index in [4.69, 9.17) is 9.57 Å². The van der Waals surface area contributed by atoms with E-state index in [9.17, 15) is 13.2 Å². The van der Waals surface area contributed by atoms with E-state index >= 15 is 0 Å². The van der Waals surface area contributed by atoms with Gasteiger partial charge in [0.15, 0.2) is 0 Å². The van der Waals surface area contributed by atoms with E-state index in [1.165, 1.54) is 23.7 Å². The fourth-order valence-electron chi connectivity index (χ4n) is 4.85. The molecule has 0 radical (unpaired) electrons. The van der Waals surface area contributed by atoms with Gasteiger partial charge in [0.25, 0.3) is 0 Å². The number of unbranched alkanes of at least 4 members (excludes halogenated alkanes) is 3. The number of carbonyl (C=O) groups excluding carboxylic acids is 1. The lowest BCUT2D eigenvalue weighted by atomic mass is 9.90. The highest BCUT2D eigenvalue weighted by Crippen LogP contribution is 2.24. The fraction of sp³-hybridized carbons (Fsp3) is 0.778. The summed E-state index contributed by atoms with van der Waals surface area (Å²) in [5.74, 6) is 0.534. The first-order valence-corrected chi connectivity index (χ1v) is 16.0. The molecule has 0 aromatic carbocycles. The Morgan fingerprint density at radius 3 is 2.58 bits per heavy atom. The summed E-state index contributed by atoms with van der Waals surface area (Å²) in [5.41, 5.74) is 0.946. The first-order valence-electron chi connectivity index (χ1n) is 14.4. The minimum atomic E-state index is -3.50. The third-order valence-electron chi connectivity index (χ3n) is 7.20. The number of hydroxylamine groups is 1. The number of nitrogens with one attached hydrogen (secondary N) is 2. The highest BCUT2D eigenvalue weighted by molar-refractivity contribution is 7.88. The lowest BCUT2D eigenvalue weighted by molar-refractivity contribution is -0.107. The number of rotatable bonds is 17. The van der Waals surface area contributed by atoms with Gasteiger partial charge in [0.2, 0.25) is 10.0 Å². The van der Waals surface area contributed by atoms with E-state index in [0.29, 0.717) is 64.8 Å². The molecule has 1 aromatic rings. The van der Waals surface area contributed by atoms with Crippen LogP contribution in [0.3, 0.4) is 0 Å². The Bertz CT molecular complexity index is 855. The van der Waals surface area contributed by atoms with Crippen LogP contribution in [0, 0.1) is 5.92 Å². The van der Waals surface area contributed by atoms with E-state index in [2.05, 4.69) is 20.5 Å². The number of aromatic nitrogens is 1. The molecule has 2 fully saturated rings. The van der Waals surface area contributed by atoms with Crippen LogP contribution in [0.1, 0.15) is 63.5 Å². The number of sulfonamides is 1. The second kappa shape index (κ2) is 17.7. The molecule has 11 heteroatoms. The summed E-state index contributed by atoms with van der Waals surface area (Å²) in [6.45, 7) is 5.63. The Morgan fingerprint density at radius 2 is 1.82 bits per heavy atom. The Labute approximate surface area is 228 Å². The van der Waals surface area contributed by atoms with Crippen LogP contribution in [-0.4, -0.2) is 93.6 Å². The molecule has 0 unspecified atom stereocenters. The number of ether oxygens (including phenoxy) is 1. The predicted octanol–water partition coefficient (Wildman–Crippen LogP) is 2.96. The van der Waals surface area contributed by atoms with E-state index in [-0.39, 0.29) is 11.8 Å². The van der Waals surface area contributed by atoms with Crippen LogP contribution < -0.4 is 10.6 Å². The summed E-state index contributed by atoms with van der Waals surface area (Å²) in [4.78, 5) is 24.3. The molecule has 10 nitrogen and oxygen atoms in total. The van der Waals surface area contributed by atoms with E-state index < -0.39 is 10.0 Å². The molecule has 1 saturated heterocycles. The highest BCUT2D eigenvalue weighted by Gasteiger charge is 2.26. The third-order valence-corrected chi connectivity index (χ3v) is 8.91. The molecule has 0 spiro atoms. The van der Waals surface area contributed by atoms with Gasteiger partial charge in [0.05, 0.1) is 32.1 Å². The standard InChI is InChI=1S/C27H47N5O5S/c33-27(30-16-13-26-12-6-8-14-28-26)29-15-7-1-2-9-23-38(34,35)32(18-17-31-19-21-36-22-20-31)37-24-25-10-4-3-5-11-25/h6,8,12,14,25H,1-5,7,9-11,13,15-24H2,(H2,29,30,33). The average molecular weight is 554 g/mol. The van der Waals surface area contributed by atoms with Gasteiger partial charge in [-0.2, -0.15) is 0 Å². The molecular formula is C27H47N5O5S. The topological polar surface area (TPSA) is 113 Å². The van der Waals surface area contributed by atoms with Crippen LogP contribution in [0.25, 0.3) is 0 Å². The Balaban J connectivity index is 1.30. The molecule has 38 heavy (non-hydrogen) atoms. The van der Waals surface area contributed by atoms with Crippen LogP contribution in [0.2, 0.25) is 0 Å². The van der Waals surface area contributed by atoms with Crippen molar-refractivity contribution in [2.24, 2.45) is 5.92 Å². The number of nitrogens with zero attached hydrogens (tertiary/aromatic N) is 3. The van der Waals surface area contributed by atoms with Crippen molar-refractivity contribution in [2.75, 3.05) is 64.8 Å². The minimum absolute atomic E-state index is 0.0855. The molecule has 1 aliphatic carbocycles. The number of amides is 2. The van der Waals surface area contributed by atoms with Crippen molar-refractivity contribution in [1.29, 1.82) is 0 Å². The smallest absolute Gasteiger partial charge is 0.314 e. The van der Waals surface area contributed by atoms with Crippen LogP contribution in [-0.2, 0) is 26.0 Å². The van der Waals surface area contributed by atoms with Crippen molar-refractivity contribution in [3.8, 4) is 0 Å². The van der Waals surface area contributed by atoms with Gasteiger partial charge < -0.3 is 15.4 Å². The normalized spacial score (nSPS) is 17.5. The molecular weight excluding hydrogens is 506 g/mol. The second-order valence-corrected chi connectivity index (χ2v) is 12.2. The molecule has 0 bridgehead atoms. The number of morpholine rings is 1. The van der Waals surface area contributed by atoms with Gasteiger partial charge in [0.1, 0.15) is 0 Å². The van der Waals surface area contributed by atoms with Crippen molar-refractivity contribution < 1.29 is 22.8 Å². The molecule has 1 aliphatic heterocycles. The summed E-state index contributed by atoms with van der Waals surface area (Å²) in [6.07, 6.45) is 11.4. The van der Waals surface area contributed by atoms with Crippen molar-refractivity contribution in [3.05, 3.63) is 30.1 Å². The SMILES string of the molecule is O=C(NCCCCCCS(=O)(=O)N(CCN1CCOCC1)OCC1CCCCC1)NCCc1ccccn1. The number of hydrogen-bond acceptors (Lipinski definition) is 7. The fourth-order valence-corrected chi connectivity index (χ4v) is 6.21. The first-order chi connectivity index (χ1) is 18.5. The monoisotopic (exact) mass is 553 g/mol. The van der Waals surface area contributed by atoms with E-state index in [0.717, 1.165) is 50.9 Å². The number of urea groups is 1. The van der Waals surface area contributed by atoms with Crippen molar-refractivity contribution in [3.63, 3.8) is 0 Å². The maximum absolute atomic E-state index is 13.1. The maximum Gasteiger partial charge on any atom is 0.314 e. The number of carbonyl (C=O) groups is 1. The first kappa shape index (κ1) is 30.7. The van der Waals surface area contributed by atoms with Gasteiger partial charge in [-0.05, 0) is 43.7 Å². The van der Waals surface area contributed by atoms with Crippen LogP contribution in [0.4, 0.5) is 4.79 Å². The zero-order chi connectivity index (χ0) is 26.9. The summed E-state index contributed by atoms with van der Waals surface area (Å²) in [6, 6.07) is 5.55. The van der Waals surface area contributed by atoms with Gasteiger partial charge in [-0.1, -0.05) is 42.6 Å². The highest BCUT2D eigenvalue weighted by atomic mass is 32.2. The summed E-state index contributed by atoms with van der Waals surface area (Å²) in [7, 11) is -3.50. The molecule has 1 saturated carbocycles. The largest absolute Gasteiger partial charge is 0.379 e. The van der Waals surface area contributed by atoms with Crippen LogP contribution in [0.15, 0.2) is 24.4 Å². The Hall–Kier alpha value is -1.79. The predicted molar refractivity (Wildman–Crippen MR) is 148 cm³/mol. The Morgan fingerprint density at radius 1 is 1.05 bits per heavy atom. The van der Waals surface area contributed by atoms with Crippen LogP contribution in [0.5, 0.6) is 0 Å². The molecule has 3 rings (SSSR count). The van der Waals surface area contributed by atoms with Gasteiger partial charge in [-0.25, -0.2) is 13.2 Å². The van der Waals surface area contributed by atoms with E-state index in [1.807, 2.05) is 18.2 Å². The molecule has 2 heterocycles. The molecule has 0 atom stereocenters. The lowest BCUT2D eigenvalue weighted by Gasteiger charge is -2.30. The molecule has 2 amide bonds. The lowest BCUT2D eigenvalue weighted by Crippen LogP contribution is -2.44. The van der Waals surface area contributed by atoms with Gasteiger partial charge in [0, 0.05) is 51.0 Å². The minimum Gasteiger partial charge on any atom is -0.379 e. The maximum atomic E-state index is 13.1. The van der Waals surface area contributed by atoms with Gasteiger partial charge in [-0.3, -0.25) is 14.7 Å². The molecule has 2 aliphatic rings. The molecule has 216 valence electrons. The summed E-state index contributed by atoms with van der Waals surface area (Å²) < 4.78 is 33.0. The van der Waals surface area contributed by atoms with Crippen LogP contribution >= 0.6 is 0 Å². The quantitative estimate of drug-likeness (QED) is 0.225. The average Bonchev–Trinajstić information content (AvgIpc) is 2.94. The zero-order valence-electron chi connectivity index (χ0n) is 22.8. The van der Waals surface area contributed by atoms with Crippen molar-refractivity contribution >= 4 is 16.1 Å². The van der Waals surface area contributed by atoms with Crippen molar-refractivity contribution in [1.82, 2.24) is 25.0 Å². The summed E-state index contributed by atoms with van der Waals surface area (Å²) in [5, 5.41) is 5.70. The summed E-state index contributed by atoms with van der Waals surface area (Å²) >= 11 is 0. The number of pyridine rings is 1. The molecule has 2 N–H and O–H groups in total. The van der Waals surface area contributed by atoms with Gasteiger partial charge >= 0.3 is 6.03 Å². The number of hydrogen-bond donors (Lipinski definition) is 2. The molecule has 1 aromatic heterocycles. The zero-order valence-corrected chi connectivity index (χ0v) is 23.6. The third kappa shape index (κ3) is 12.4.